The fourth-order valence-electron chi connectivity index (χ4n) is 4.06. The molecule has 0 aliphatic carbocycles. The number of carbonyl (C=O) groups excluding carboxylic acids is 1. The number of ether oxygens (including phenoxy) is 2. The Balaban J connectivity index is 1.55. The maximum Gasteiger partial charge on any atom is 0.259 e. The molecule has 0 spiro atoms. The number of rotatable bonds is 2. The van der Waals surface area contributed by atoms with Gasteiger partial charge in [0, 0.05) is 11.3 Å². The third-order valence-electron chi connectivity index (χ3n) is 5.36. The largest absolute Gasteiger partial charge is 0.454 e. The van der Waals surface area contributed by atoms with Crippen LogP contribution in [-0.2, 0) is 0 Å². The molecule has 6 nitrogen and oxygen atoms in total. The number of amides is 1. The highest BCUT2D eigenvalue weighted by molar-refractivity contribution is 6.12. The predicted molar refractivity (Wildman–Crippen MR) is 104 cm³/mol. The summed E-state index contributed by atoms with van der Waals surface area (Å²) in [5, 5.41) is 0. The topological polar surface area (TPSA) is 67.5 Å². The van der Waals surface area contributed by atoms with Crippen LogP contribution < -0.4 is 14.4 Å². The van der Waals surface area contributed by atoms with Gasteiger partial charge < -0.3 is 14.5 Å². The van der Waals surface area contributed by atoms with Crippen LogP contribution >= 0.6 is 0 Å². The first-order chi connectivity index (χ1) is 13.8. The SMILES string of the molecule is O=C1c2ccccc2C(c2ccc3c(c2)OCO3)N1c1ccc2[nH]cnc2c1. The van der Waals surface area contributed by atoms with Gasteiger partial charge in [0.1, 0.15) is 0 Å². The predicted octanol–water partition coefficient (Wildman–Crippen LogP) is 4.04. The van der Waals surface area contributed by atoms with Crippen LogP contribution in [-0.4, -0.2) is 22.7 Å². The van der Waals surface area contributed by atoms with Gasteiger partial charge in [0.2, 0.25) is 6.79 Å². The molecule has 1 aromatic heterocycles. The third kappa shape index (κ3) is 2.08. The van der Waals surface area contributed by atoms with E-state index in [1.54, 1.807) is 6.33 Å². The number of anilines is 1. The van der Waals surface area contributed by atoms with Gasteiger partial charge in [-0.1, -0.05) is 24.3 Å². The lowest BCUT2D eigenvalue weighted by Crippen LogP contribution is -2.28. The number of nitrogens with one attached hydrogen (secondary N) is 1. The van der Waals surface area contributed by atoms with E-state index in [1.165, 1.54) is 0 Å². The van der Waals surface area contributed by atoms with Gasteiger partial charge in [0.15, 0.2) is 11.5 Å². The molecule has 0 bridgehead atoms. The normalized spacial score (nSPS) is 17.4. The molecule has 1 amide bonds. The van der Waals surface area contributed by atoms with Crippen molar-refractivity contribution in [3.8, 4) is 11.5 Å². The summed E-state index contributed by atoms with van der Waals surface area (Å²) in [6.45, 7) is 0.221. The van der Waals surface area contributed by atoms with Crippen LogP contribution in [0.4, 0.5) is 5.69 Å². The molecule has 1 atom stereocenters. The lowest BCUT2D eigenvalue weighted by atomic mass is 9.97. The second kappa shape index (κ2) is 5.60. The van der Waals surface area contributed by atoms with E-state index in [0.29, 0.717) is 11.3 Å². The van der Waals surface area contributed by atoms with Gasteiger partial charge in [0.05, 0.1) is 23.4 Å². The van der Waals surface area contributed by atoms with Crippen LogP contribution in [0.1, 0.15) is 27.5 Å². The summed E-state index contributed by atoms with van der Waals surface area (Å²) in [4.78, 5) is 22.6. The first-order valence-corrected chi connectivity index (χ1v) is 9.05. The number of fused-ring (bicyclic) bond motifs is 3. The number of aromatic amines is 1. The highest BCUT2D eigenvalue weighted by atomic mass is 16.7. The zero-order valence-electron chi connectivity index (χ0n) is 14.8. The summed E-state index contributed by atoms with van der Waals surface area (Å²) in [6, 6.07) is 19.2. The lowest BCUT2D eigenvalue weighted by Gasteiger charge is -2.26. The molecule has 4 aromatic rings. The Hall–Kier alpha value is -3.80. The Morgan fingerprint density at radius 1 is 1.00 bits per heavy atom. The maximum atomic E-state index is 13.3. The molecule has 2 aliphatic heterocycles. The molecule has 0 saturated heterocycles. The highest BCUT2D eigenvalue weighted by Gasteiger charge is 2.39. The summed E-state index contributed by atoms with van der Waals surface area (Å²) in [6.07, 6.45) is 1.66. The van der Waals surface area contributed by atoms with E-state index >= 15 is 0 Å². The quantitative estimate of drug-likeness (QED) is 0.579. The zero-order valence-corrected chi connectivity index (χ0v) is 14.8. The van der Waals surface area contributed by atoms with Crippen LogP contribution in [0.15, 0.2) is 67.0 Å². The fraction of sp³-hybridized carbons (Fsp3) is 0.0909. The van der Waals surface area contributed by atoms with Crippen molar-refractivity contribution in [2.45, 2.75) is 6.04 Å². The molecule has 0 saturated carbocycles. The van der Waals surface area contributed by atoms with Gasteiger partial charge in [-0.05, 0) is 47.5 Å². The molecular weight excluding hydrogens is 354 g/mol. The van der Waals surface area contributed by atoms with Crippen molar-refractivity contribution in [2.24, 2.45) is 0 Å². The number of benzene rings is 3. The second-order valence-electron chi connectivity index (χ2n) is 6.88. The zero-order chi connectivity index (χ0) is 18.7. The van der Waals surface area contributed by atoms with E-state index in [1.807, 2.05) is 65.6 Å². The van der Waals surface area contributed by atoms with E-state index in [0.717, 1.165) is 33.6 Å². The molecule has 136 valence electrons. The minimum Gasteiger partial charge on any atom is -0.454 e. The first kappa shape index (κ1) is 15.3. The number of aromatic nitrogens is 2. The number of hydrogen-bond acceptors (Lipinski definition) is 4. The van der Waals surface area contributed by atoms with Crippen LogP contribution in [0.2, 0.25) is 0 Å². The monoisotopic (exact) mass is 369 g/mol. The van der Waals surface area contributed by atoms with Crippen LogP contribution in [0, 0.1) is 0 Å². The Bertz CT molecular complexity index is 1250. The summed E-state index contributed by atoms with van der Waals surface area (Å²) >= 11 is 0. The van der Waals surface area contributed by atoms with Crippen LogP contribution in [0.5, 0.6) is 11.5 Å². The third-order valence-corrected chi connectivity index (χ3v) is 5.36. The number of imidazole rings is 1. The Morgan fingerprint density at radius 2 is 1.89 bits per heavy atom. The van der Waals surface area contributed by atoms with Crippen molar-refractivity contribution < 1.29 is 14.3 Å². The van der Waals surface area contributed by atoms with Gasteiger partial charge in [0.25, 0.3) is 5.91 Å². The molecule has 3 aromatic carbocycles. The summed E-state index contributed by atoms with van der Waals surface area (Å²) in [7, 11) is 0. The summed E-state index contributed by atoms with van der Waals surface area (Å²) in [5.74, 6) is 1.41. The Morgan fingerprint density at radius 3 is 2.86 bits per heavy atom. The molecule has 3 heterocycles. The van der Waals surface area contributed by atoms with E-state index in [9.17, 15) is 4.79 Å². The number of H-pyrrole nitrogens is 1. The minimum absolute atomic E-state index is 0.0202. The standard InChI is InChI=1S/C22H15N3O3/c26-22-16-4-2-1-3-15(16)21(13-5-8-19-20(9-13)28-12-27-19)25(22)14-6-7-17-18(10-14)24-11-23-17/h1-11,21H,12H2,(H,23,24). The van der Waals surface area contributed by atoms with Crippen molar-refractivity contribution >= 4 is 22.6 Å². The van der Waals surface area contributed by atoms with Crippen LogP contribution in [0.3, 0.4) is 0 Å². The van der Waals surface area contributed by atoms with E-state index in [4.69, 9.17) is 9.47 Å². The summed E-state index contributed by atoms with van der Waals surface area (Å²) < 4.78 is 11.0. The van der Waals surface area contributed by atoms with Gasteiger partial charge in [-0.15, -0.1) is 0 Å². The highest BCUT2D eigenvalue weighted by Crippen LogP contribution is 2.44. The number of carbonyl (C=O) groups is 1. The van der Waals surface area contributed by atoms with Crippen molar-refractivity contribution in [3.05, 3.63) is 83.7 Å². The van der Waals surface area contributed by atoms with Crippen molar-refractivity contribution in [2.75, 3.05) is 11.7 Å². The molecule has 1 N–H and O–H groups in total. The van der Waals surface area contributed by atoms with E-state index in [2.05, 4.69) is 9.97 Å². The Labute approximate surface area is 160 Å². The molecule has 0 radical (unpaired) electrons. The van der Waals surface area contributed by atoms with Gasteiger partial charge in [-0.2, -0.15) is 0 Å². The van der Waals surface area contributed by atoms with Gasteiger partial charge in [-0.25, -0.2) is 4.98 Å². The molecular formula is C22H15N3O3. The van der Waals surface area contributed by atoms with E-state index in [-0.39, 0.29) is 18.7 Å². The van der Waals surface area contributed by atoms with Gasteiger partial charge in [-0.3, -0.25) is 9.69 Å². The smallest absolute Gasteiger partial charge is 0.259 e. The van der Waals surface area contributed by atoms with E-state index < -0.39 is 0 Å². The molecule has 28 heavy (non-hydrogen) atoms. The van der Waals surface area contributed by atoms with Crippen molar-refractivity contribution in [1.29, 1.82) is 0 Å². The van der Waals surface area contributed by atoms with Crippen molar-refractivity contribution in [1.82, 2.24) is 9.97 Å². The number of hydrogen-bond donors (Lipinski definition) is 1. The summed E-state index contributed by atoms with van der Waals surface area (Å²) in [5.41, 5.74) is 5.24. The van der Waals surface area contributed by atoms with Crippen molar-refractivity contribution in [3.63, 3.8) is 0 Å². The Kier molecular flexibility index (Phi) is 3.05. The average Bonchev–Trinajstić information content (AvgIpc) is 3.44. The molecule has 1 unspecified atom stereocenters. The lowest BCUT2D eigenvalue weighted by molar-refractivity contribution is 0.0993. The van der Waals surface area contributed by atoms with Crippen LogP contribution in [0.25, 0.3) is 11.0 Å². The molecule has 6 rings (SSSR count). The maximum absolute atomic E-state index is 13.3. The molecule has 2 aliphatic rings. The number of nitrogens with zero attached hydrogens (tertiary/aromatic N) is 2. The molecule has 6 heteroatoms. The first-order valence-electron chi connectivity index (χ1n) is 9.05. The van der Waals surface area contributed by atoms with Gasteiger partial charge >= 0.3 is 0 Å². The fourth-order valence-corrected chi connectivity index (χ4v) is 4.06. The second-order valence-corrected chi connectivity index (χ2v) is 6.88. The molecule has 0 fully saturated rings. The minimum atomic E-state index is -0.241. The average molecular weight is 369 g/mol.